The smallest absolute Gasteiger partial charge is 0.000661 e. The summed E-state index contributed by atoms with van der Waals surface area (Å²) in [4.78, 5) is 2.55. The summed E-state index contributed by atoms with van der Waals surface area (Å²) in [5.74, 6) is 0.973. The van der Waals surface area contributed by atoms with Gasteiger partial charge in [-0.15, -0.1) is 0 Å². The van der Waals surface area contributed by atoms with E-state index in [1.807, 2.05) is 0 Å². The van der Waals surface area contributed by atoms with Crippen LogP contribution in [0.4, 0.5) is 0 Å². The average molecular weight is 254 g/mol. The van der Waals surface area contributed by atoms with Crippen molar-refractivity contribution in [3.63, 3.8) is 0 Å². The Morgan fingerprint density at radius 3 is 2.39 bits per heavy atom. The molecule has 18 heavy (non-hydrogen) atoms. The van der Waals surface area contributed by atoms with Gasteiger partial charge in [0.05, 0.1) is 0 Å². The van der Waals surface area contributed by atoms with Crippen LogP contribution in [0.15, 0.2) is 0 Å². The van der Waals surface area contributed by atoms with E-state index in [1.54, 1.807) is 0 Å². The van der Waals surface area contributed by atoms with Gasteiger partial charge < -0.3 is 10.6 Å². The summed E-state index contributed by atoms with van der Waals surface area (Å²) >= 11 is 0. The zero-order chi connectivity index (χ0) is 13.4. The first-order chi connectivity index (χ1) is 8.53. The maximum Gasteiger partial charge on any atom is 0.000661 e. The van der Waals surface area contributed by atoms with Crippen LogP contribution in [0.1, 0.15) is 65.2 Å². The molecule has 0 amide bonds. The van der Waals surface area contributed by atoms with Crippen molar-refractivity contribution in [2.45, 2.75) is 65.2 Å². The zero-order valence-corrected chi connectivity index (χ0v) is 12.9. The van der Waals surface area contributed by atoms with E-state index in [0.29, 0.717) is 5.41 Å². The Morgan fingerprint density at radius 1 is 1.11 bits per heavy atom. The van der Waals surface area contributed by atoms with Crippen molar-refractivity contribution in [2.24, 2.45) is 17.1 Å². The highest BCUT2D eigenvalue weighted by molar-refractivity contribution is 4.72. The van der Waals surface area contributed by atoms with E-state index in [2.05, 4.69) is 25.8 Å². The summed E-state index contributed by atoms with van der Waals surface area (Å²) in [6.45, 7) is 8.09. The third-order valence-corrected chi connectivity index (χ3v) is 4.51. The van der Waals surface area contributed by atoms with Crippen LogP contribution in [0.25, 0.3) is 0 Å². The highest BCUT2D eigenvalue weighted by Crippen LogP contribution is 2.27. The third kappa shape index (κ3) is 6.75. The van der Waals surface area contributed by atoms with Gasteiger partial charge in [0, 0.05) is 6.54 Å². The molecule has 0 heterocycles. The van der Waals surface area contributed by atoms with Crippen LogP contribution in [-0.2, 0) is 0 Å². The molecule has 0 radical (unpaired) electrons. The Hall–Kier alpha value is -0.0800. The van der Waals surface area contributed by atoms with Crippen LogP contribution in [-0.4, -0.2) is 31.6 Å². The second kappa shape index (κ2) is 8.16. The first kappa shape index (κ1) is 16.0. The van der Waals surface area contributed by atoms with Gasteiger partial charge in [0.25, 0.3) is 0 Å². The van der Waals surface area contributed by atoms with E-state index in [0.717, 1.165) is 18.9 Å². The van der Waals surface area contributed by atoms with Crippen LogP contribution >= 0.6 is 0 Å². The predicted molar refractivity (Wildman–Crippen MR) is 80.8 cm³/mol. The van der Waals surface area contributed by atoms with Crippen LogP contribution in [0.3, 0.4) is 0 Å². The second-order valence-electron chi connectivity index (χ2n) is 7.07. The zero-order valence-electron chi connectivity index (χ0n) is 12.9. The van der Waals surface area contributed by atoms with E-state index >= 15 is 0 Å². The minimum absolute atomic E-state index is 0.431. The molecule has 1 rings (SSSR count). The molecule has 0 aliphatic heterocycles. The molecular weight excluding hydrogens is 220 g/mol. The lowest BCUT2D eigenvalue weighted by Gasteiger charge is -2.28. The Kier molecular flexibility index (Phi) is 7.25. The third-order valence-electron chi connectivity index (χ3n) is 4.51. The van der Waals surface area contributed by atoms with Crippen molar-refractivity contribution in [1.82, 2.24) is 4.90 Å². The summed E-state index contributed by atoms with van der Waals surface area (Å²) in [7, 11) is 2.30. The minimum Gasteiger partial charge on any atom is -0.330 e. The SMILES string of the molecule is CN(CCCC(C)(C)CCN)CC1CCCCC1. The summed E-state index contributed by atoms with van der Waals surface area (Å²) < 4.78 is 0. The van der Waals surface area contributed by atoms with E-state index < -0.39 is 0 Å². The molecule has 0 spiro atoms. The quantitative estimate of drug-likeness (QED) is 0.716. The van der Waals surface area contributed by atoms with Gasteiger partial charge in [-0.2, -0.15) is 0 Å². The predicted octanol–water partition coefficient (Wildman–Crippen LogP) is 3.65. The molecule has 1 fully saturated rings. The first-order valence-corrected chi connectivity index (χ1v) is 7.92. The van der Waals surface area contributed by atoms with E-state index in [1.165, 1.54) is 58.0 Å². The van der Waals surface area contributed by atoms with Gasteiger partial charge >= 0.3 is 0 Å². The van der Waals surface area contributed by atoms with Gasteiger partial charge in [-0.1, -0.05) is 33.1 Å². The summed E-state index contributed by atoms with van der Waals surface area (Å²) in [6, 6.07) is 0. The average Bonchev–Trinajstić information content (AvgIpc) is 2.29. The van der Waals surface area contributed by atoms with Crippen molar-refractivity contribution in [3.05, 3.63) is 0 Å². The standard InChI is InChI=1S/C16H34N2/c1-16(2,11-12-17)10-7-13-18(3)14-15-8-5-4-6-9-15/h15H,4-14,17H2,1-3H3. The van der Waals surface area contributed by atoms with E-state index in [-0.39, 0.29) is 0 Å². The van der Waals surface area contributed by atoms with E-state index in [4.69, 9.17) is 5.73 Å². The lowest BCUT2D eigenvalue weighted by molar-refractivity contribution is 0.215. The molecule has 0 unspecified atom stereocenters. The first-order valence-electron chi connectivity index (χ1n) is 7.92. The number of rotatable bonds is 8. The van der Waals surface area contributed by atoms with E-state index in [9.17, 15) is 0 Å². The number of hydrogen-bond acceptors (Lipinski definition) is 2. The lowest BCUT2D eigenvalue weighted by atomic mass is 9.84. The Bertz CT molecular complexity index is 207. The summed E-state index contributed by atoms with van der Waals surface area (Å²) in [6.07, 6.45) is 11.1. The molecule has 0 atom stereocenters. The molecule has 1 aliphatic carbocycles. The van der Waals surface area contributed by atoms with Crippen LogP contribution < -0.4 is 5.73 Å². The van der Waals surface area contributed by atoms with Crippen LogP contribution in [0, 0.1) is 11.3 Å². The molecule has 2 N–H and O–H groups in total. The molecule has 2 heteroatoms. The van der Waals surface area contributed by atoms with Gasteiger partial charge in [-0.05, 0) is 63.6 Å². The maximum atomic E-state index is 5.66. The maximum absolute atomic E-state index is 5.66. The highest BCUT2D eigenvalue weighted by Gasteiger charge is 2.18. The molecule has 0 saturated heterocycles. The minimum atomic E-state index is 0.431. The summed E-state index contributed by atoms with van der Waals surface area (Å²) in [5, 5.41) is 0. The van der Waals surface area contributed by atoms with Crippen molar-refractivity contribution in [1.29, 1.82) is 0 Å². The van der Waals surface area contributed by atoms with Gasteiger partial charge in [0.15, 0.2) is 0 Å². The van der Waals surface area contributed by atoms with Crippen molar-refractivity contribution in [2.75, 3.05) is 26.7 Å². The van der Waals surface area contributed by atoms with Gasteiger partial charge in [0.1, 0.15) is 0 Å². The molecule has 1 aliphatic rings. The Morgan fingerprint density at radius 2 is 1.78 bits per heavy atom. The van der Waals surface area contributed by atoms with Gasteiger partial charge in [-0.25, -0.2) is 0 Å². The number of nitrogens with zero attached hydrogens (tertiary/aromatic N) is 1. The number of nitrogens with two attached hydrogens (primary N) is 1. The van der Waals surface area contributed by atoms with Crippen molar-refractivity contribution >= 4 is 0 Å². The van der Waals surface area contributed by atoms with Crippen molar-refractivity contribution < 1.29 is 0 Å². The molecule has 108 valence electrons. The largest absolute Gasteiger partial charge is 0.330 e. The molecule has 2 nitrogen and oxygen atoms in total. The summed E-state index contributed by atoms with van der Waals surface area (Å²) in [5.41, 5.74) is 6.09. The van der Waals surface area contributed by atoms with Crippen LogP contribution in [0.5, 0.6) is 0 Å². The fraction of sp³-hybridized carbons (Fsp3) is 1.00. The molecule has 0 aromatic carbocycles. The lowest BCUT2D eigenvalue weighted by Crippen LogP contribution is -2.29. The molecular formula is C16H34N2. The highest BCUT2D eigenvalue weighted by atomic mass is 15.1. The Balaban J connectivity index is 2.10. The van der Waals surface area contributed by atoms with Crippen LogP contribution in [0.2, 0.25) is 0 Å². The van der Waals surface area contributed by atoms with Gasteiger partial charge in [-0.3, -0.25) is 0 Å². The normalized spacial score (nSPS) is 18.5. The molecule has 0 aromatic heterocycles. The number of hydrogen-bond donors (Lipinski definition) is 1. The fourth-order valence-electron chi connectivity index (χ4n) is 3.25. The molecule has 1 saturated carbocycles. The van der Waals surface area contributed by atoms with Crippen molar-refractivity contribution in [3.8, 4) is 0 Å². The monoisotopic (exact) mass is 254 g/mol. The molecule has 0 bridgehead atoms. The second-order valence-corrected chi connectivity index (χ2v) is 7.07. The topological polar surface area (TPSA) is 29.3 Å². The Labute approximate surface area is 114 Å². The molecule has 0 aromatic rings. The van der Waals surface area contributed by atoms with Gasteiger partial charge in [0.2, 0.25) is 0 Å². The fourth-order valence-corrected chi connectivity index (χ4v) is 3.25.